The summed E-state index contributed by atoms with van der Waals surface area (Å²) in [4.78, 5) is 13.8. The molecule has 1 aromatic carbocycles. The Morgan fingerprint density at radius 1 is 1.32 bits per heavy atom. The quantitative estimate of drug-likeness (QED) is 0.761. The first-order valence-corrected chi connectivity index (χ1v) is 7.81. The SMILES string of the molecule is NC(=O)c1ccccc1CNCCN1CCSCC1. The standard InChI is InChI=1S/C14H21N3OS/c15-14(18)13-4-2-1-3-12(13)11-16-5-6-17-7-9-19-10-8-17/h1-4,16H,5-11H2,(H2,15,18). The second kappa shape index (κ2) is 7.53. The van der Waals surface area contributed by atoms with E-state index in [0.717, 1.165) is 18.7 Å². The average Bonchev–Trinajstić information content (AvgIpc) is 2.45. The molecular formula is C14H21N3OS. The van der Waals surface area contributed by atoms with Gasteiger partial charge in [-0.2, -0.15) is 11.8 Å². The third-order valence-electron chi connectivity index (χ3n) is 3.31. The van der Waals surface area contributed by atoms with E-state index in [2.05, 4.69) is 10.2 Å². The van der Waals surface area contributed by atoms with Crippen LogP contribution in [-0.2, 0) is 6.54 Å². The molecule has 1 heterocycles. The number of carbonyl (C=O) groups excluding carboxylic acids is 1. The lowest BCUT2D eigenvalue weighted by atomic mass is 10.1. The molecule has 19 heavy (non-hydrogen) atoms. The van der Waals surface area contributed by atoms with E-state index < -0.39 is 0 Å². The van der Waals surface area contributed by atoms with Crippen LogP contribution in [0.15, 0.2) is 24.3 Å². The molecule has 1 aliphatic rings. The first-order chi connectivity index (χ1) is 9.27. The average molecular weight is 279 g/mol. The van der Waals surface area contributed by atoms with Gasteiger partial charge in [0.25, 0.3) is 0 Å². The van der Waals surface area contributed by atoms with E-state index in [1.807, 2.05) is 30.0 Å². The number of nitrogens with zero attached hydrogens (tertiary/aromatic N) is 1. The van der Waals surface area contributed by atoms with Gasteiger partial charge in [0.15, 0.2) is 0 Å². The highest BCUT2D eigenvalue weighted by Crippen LogP contribution is 2.09. The minimum absolute atomic E-state index is 0.356. The lowest BCUT2D eigenvalue weighted by molar-refractivity contribution is 0.0999. The first-order valence-electron chi connectivity index (χ1n) is 6.66. The summed E-state index contributed by atoms with van der Waals surface area (Å²) in [6.07, 6.45) is 0. The molecular weight excluding hydrogens is 258 g/mol. The molecule has 0 saturated carbocycles. The maximum absolute atomic E-state index is 11.3. The number of carbonyl (C=O) groups is 1. The molecule has 5 heteroatoms. The normalized spacial score (nSPS) is 16.4. The lowest BCUT2D eigenvalue weighted by Crippen LogP contribution is -2.37. The predicted molar refractivity (Wildman–Crippen MR) is 80.4 cm³/mol. The van der Waals surface area contributed by atoms with Crippen LogP contribution in [0.5, 0.6) is 0 Å². The Balaban J connectivity index is 1.74. The third kappa shape index (κ3) is 4.53. The topological polar surface area (TPSA) is 58.4 Å². The van der Waals surface area contributed by atoms with Crippen LogP contribution in [0.2, 0.25) is 0 Å². The van der Waals surface area contributed by atoms with Crippen LogP contribution < -0.4 is 11.1 Å². The number of hydrogen-bond donors (Lipinski definition) is 2. The Hall–Kier alpha value is -1.04. The van der Waals surface area contributed by atoms with E-state index in [1.165, 1.54) is 24.6 Å². The minimum Gasteiger partial charge on any atom is -0.366 e. The minimum atomic E-state index is -0.356. The molecule has 0 atom stereocenters. The van der Waals surface area contributed by atoms with Gasteiger partial charge in [-0.05, 0) is 11.6 Å². The summed E-state index contributed by atoms with van der Waals surface area (Å²) in [6, 6.07) is 7.51. The van der Waals surface area contributed by atoms with Crippen molar-refractivity contribution in [3.05, 3.63) is 35.4 Å². The molecule has 1 fully saturated rings. The number of nitrogens with one attached hydrogen (secondary N) is 1. The van der Waals surface area contributed by atoms with E-state index in [-0.39, 0.29) is 5.91 Å². The highest BCUT2D eigenvalue weighted by molar-refractivity contribution is 7.99. The maximum Gasteiger partial charge on any atom is 0.249 e. The van der Waals surface area contributed by atoms with Crippen molar-refractivity contribution in [3.63, 3.8) is 0 Å². The van der Waals surface area contributed by atoms with Crippen molar-refractivity contribution in [2.45, 2.75) is 6.54 Å². The number of thioether (sulfide) groups is 1. The van der Waals surface area contributed by atoms with Gasteiger partial charge in [0.05, 0.1) is 0 Å². The number of amides is 1. The predicted octanol–water partition coefficient (Wildman–Crippen LogP) is 0.924. The summed E-state index contributed by atoms with van der Waals surface area (Å²) in [7, 11) is 0. The molecule has 0 unspecified atom stereocenters. The zero-order valence-corrected chi connectivity index (χ0v) is 11.9. The molecule has 3 N–H and O–H groups in total. The number of hydrogen-bond acceptors (Lipinski definition) is 4. The molecule has 104 valence electrons. The van der Waals surface area contributed by atoms with Crippen LogP contribution in [0.1, 0.15) is 15.9 Å². The first kappa shape index (κ1) is 14.4. The van der Waals surface area contributed by atoms with Crippen LogP contribution in [0.25, 0.3) is 0 Å². The van der Waals surface area contributed by atoms with Gasteiger partial charge >= 0.3 is 0 Å². The van der Waals surface area contributed by atoms with E-state index >= 15 is 0 Å². The van der Waals surface area contributed by atoms with Gasteiger partial charge in [0.1, 0.15) is 0 Å². The van der Waals surface area contributed by atoms with Gasteiger partial charge in [-0.1, -0.05) is 18.2 Å². The zero-order chi connectivity index (χ0) is 13.5. The fourth-order valence-electron chi connectivity index (χ4n) is 2.20. The summed E-state index contributed by atoms with van der Waals surface area (Å²) in [5.41, 5.74) is 6.95. The second-order valence-electron chi connectivity index (χ2n) is 4.65. The Morgan fingerprint density at radius 2 is 2.05 bits per heavy atom. The molecule has 4 nitrogen and oxygen atoms in total. The number of primary amides is 1. The molecule has 0 aromatic heterocycles. The van der Waals surface area contributed by atoms with Crippen LogP contribution >= 0.6 is 11.8 Å². The maximum atomic E-state index is 11.3. The summed E-state index contributed by atoms with van der Waals surface area (Å²) in [6.45, 7) is 5.08. The molecule has 0 spiro atoms. The fraction of sp³-hybridized carbons (Fsp3) is 0.500. The molecule has 0 bridgehead atoms. The highest BCUT2D eigenvalue weighted by atomic mass is 32.2. The molecule has 1 amide bonds. The van der Waals surface area contributed by atoms with Crippen LogP contribution in [0.3, 0.4) is 0 Å². The lowest BCUT2D eigenvalue weighted by Gasteiger charge is -2.26. The van der Waals surface area contributed by atoms with E-state index in [1.54, 1.807) is 6.07 Å². The van der Waals surface area contributed by atoms with E-state index in [9.17, 15) is 4.79 Å². The zero-order valence-electron chi connectivity index (χ0n) is 11.1. The van der Waals surface area contributed by atoms with Crippen molar-refractivity contribution >= 4 is 17.7 Å². The molecule has 0 radical (unpaired) electrons. The molecule has 0 aliphatic carbocycles. The van der Waals surface area contributed by atoms with Gasteiger partial charge in [-0.15, -0.1) is 0 Å². The molecule has 2 rings (SSSR count). The van der Waals surface area contributed by atoms with Gasteiger partial charge in [0.2, 0.25) is 5.91 Å². The van der Waals surface area contributed by atoms with Gasteiger partial charge in [-0.3, -0.25) is 4.79 Å². The van der Waals surface area contributed by atoms with Crippen LogP contribution in [0.4, 0.5) is 0 Å². The number of rotatable bonds is 6. The van der Waals surface area contributed by atoms with Gasteiger partial charge < -0.3 is 16.0 Å². The van der Waals surface area contributed by atoms with Gasteiger partial charge in [-0.25, -0.2) is 0 Å². The van der Waals surface area contributed by atoms with Crippen molar-refractivity contribution in [2.24, 2.45) is 5.73 Å². The van der Waals surface area contributed by atoms with Crippen molar-refractivity contribution in [3.8, 4) is 0 Å². The Kier molecular flexibility index (Phi) is 5.69. The van der Waals surface area contributed by atoms with Crippen LogP contribution in [0, 0.1) is 0 Å². The monoisotopic (exact) mass is 279 g/mol. The Morgan fingerprint density at radius 3 is 2.79 bits per heavy atom. The van der Waals surface area contributed by atoms with Crippen molar-refractivity contribution < 1.29 is 4.79 Å². The van der Waals surface area contributed by atoms with Gasteiger partial charge in [0, 0.05) is 49.8 Å². The third-order valence-corrected chi connectivity index (χ3v) is 4.25. The van der Waals surface area contributed by atoms with Crippen molar-refractivity contribution in [1.82, 2.24) is 10.2 Å². The second-order valence-corrected chi connectivity index (χ2v) is 5.88. The summed E-state index contributed by atoms with van der Waals surface area (Å²) >= 11 is 2.03. The van der Waals surface area contributed by atoms with E-state index in [4.69, 9.17) is 5.73 Å². The summed E-state index contributed by atoms with van der Waals surface area (Å²) in [5, 5.41) is 3.39. The molecule has 1 aromatic rings. The number of benzene rings is 1. The smallest absolute Gasteiger partial charge is 0.249 e. The molecule has 1 saturated heterocycles. The highest BCUT2D eigenvalue weighted by Gasteiger charge is 2.10. The summed E-state index contributed by atoms with van der Waals surface area (Å²) in [5.74, 6) is 2.13. The largest absolute Gasteiger partial charge is 0.366 e. The summed E-state index contributed by atoms with van der Waals surface area (Å²) < 4.78 is 0. The molecule has 1 aliphatic heterocycles. The van der Waals surface area contributed by atoms with Crippen LogP contribution in [-0.4, -0.2) is 48.5 Å². The van der Waals surface area contributed by atoms with Crippen molar-refractivity contribution in [2.75, 3.05) is 37.7 Å². The van der Waals surface area contributed by atoms with E-state index in [0.29, 0.717) is 12.1 Å². The van der Waals surface area contributed by atoms with Crippen molar-refractivity contribution in [1.29, 1.82) is 0 Å². The fourth-order valence-corrected chi connectivity index (χ4v) is 3.18. The Bertz CT molecular complexity index is 419. The number of nitrogens with two attached hydrogens (primary N) is 1. The Labute approximate surface area is 118 Å².